The van der Waals surface area contributed by atoms with Gasteiger partial charge in [-0.25, -0.2) is 0 Å². The fourth-order valence-corrected chi connectivity index (χ4v) is 4.48. The van der Waals surface area contributed by atoms with Crippen molar-refractivity contribution in [3.8, 4) is 11.3 Å². The van der Waals surface area contributed by atoms with Crippen molar-refractivity contribution in [1.29, 1.82) is 0 Å². The van der Waals surface area contributed by atoms with Crippen molar-refractivity contribution in [3.05, 3.63) is 64.0 Å². The van der Waals surface area contributed by atoms with Crippen LogP contribution < -0.4 is 5.32 Å². The summed E-state index contributed by atoms with van der Waals surface area (Å²) in [6.07, 6.45) is 4.63. The standard InChI is InChI=1S/C27H35ClN4/c1-6-19-9-8-10-20(7-2)27(19)25-13-17(3)22(24(30-25)14-18(4)28)16-29-26-15-23(21-11-12-21)31-32(26)5/h8-10,13,15,18,21,29H,6-7,11-12,14,16H2,1-5H3/i16D2. The lowest BCUT2D eigenvalue weighted by Crippen LogP contribution is -2.13. The Morgan fingerprint density at radius 2 is 1.91 bits per heavy atom. The number of benzene rings is 1. The summed E-state index contributed by atoms with van der Waals surface area (Å²) >= 11 is 6.44. The maximum Gasteiger partial charge on any atom is 0.124 e. The number of nitrogens with one attached hydrogen (secondary N) is 1. The number of alkyl halides is 1. The van der Waals surface area contributed by atoms with Crippen LogP contribution in [0, 0.1) is 6.92 Å². The molecule has 4 nitrogen and oxygen atoms in total. The Morgan fingerprint density at radius 1 is 1.22 bits per heavy atom. The predicted octanol–water partition coefficient (Wildman–Crippen LogP) is 6.57. The molecule has 3 aromatic rings. The van der Waals surface area contributed by atoms with E-state index in [2.05, 4.69) is 42.5 Å². The topological polar surface area (TPSA) is 42.7 Å². The Bertz CT molecular complexity index is 1160. The summed E-state index contributed by atoms with van der Waals surface area (Å²) in [7, 11) is 1.86. The van der Waals surface area contributed by atoms with Crippen molar-refractivity contribution in [1.82, 2.24) is 14.8 Å². The molecule has 0 bridgehead atoms. The smallest absolute Gasteiger partial charge is 0.124 e. The first kappa shape index (κ1) is 20.3. The molecule has 1 fully saturated rings. The minimum atomic E-state index is -1.83. The third-order valence-electron chi connectivity index (χ3n) is 6.23. The fourth-order valence-electron chi connectivity index (χ4n) is 4.33. The molecular formula is C27H35ClN4. The predicted molar refractivity (Wildman–Crippen MR) is 135 cm³/mol. The van der Waals surface area contributed by atoms with Crippen molar-refractivity contribution in [2.24, 2.45) is 7.05 Å². The van der Waals surface area contributed by atoms with E-state index in [1.54, 1.807) is 4.68 Å². The van der Waals surface area contributed by atoms with Gasteiger partial charge in [-0.3, -0.25) is 9.67 Å². The van der Waals surface area contributed by atoms with E-state index < -0.39 is 6.50 Å². The van der Waals surface area contributed by atoms with Gasteiger partial charge < -0.3 is 5.32 Å². The first-order valence-corrected chi connectivity index (χ1v) is 12.2. The highest BCUT2D eigenvalue weighted by Gasteiger charge is 2.27. The molecule has 1 N–H and O–H groups in total. The molecule has 170 valence electrons. The van der Waals surface area contributed by atoms with Crippen molar-refractivity contribution >= 4 is 17.4 Å². The normalized spacial score (nSPS) is 15.9. The Balaban J connectivity index is 1.80. The average molecular weight is 453 g/mol. The lowest BCUT2D eigenvalue weighted by atomic mass is 9.92. The molecule has 1 aromatic carbocycles. The van der Waals surface area contributed by atoms with Gasteiger partial charge in [-0.15, -0.1) is 11.6 Å². The monoisotopic (exact) mass is 452 g/mol. The first-order valence-electron chi connectivity index (χ1n) is 12.7. The molecule has 1 unspecified atom stereocenters. The number of nitrogens with zero attached hydrogens (tertiary/aromatic N) is 3. The molecule has 0 amide bonds. The van der Waals surface area contributed by atoms with Crippen molar-refractivity contribution in [3.63, 3.8) is 0 Å². The van der Waals surface area contributed by atoms with Crippen LogP contribution in [0.4, 0.5) is 5.82 Å². The molecule has 0 saturated heterocycles. The molecule has 1 aliphatic rings. The van der Waals surface area contributed by atoms with Gasteiger partial charge in [0.1, 0.15) is 5.82 Å². The molecule has 2 aromatic heterocycles. The van der Waals surface area contributed by atoms with Gasteiger partial charge in [-0.2, -0.15) is 5.10 Å². The van der Waals surface area contributed by atoms with Crippen LogP contribution in [0.25, 0.3) is 11.3 Å². The van der Waals surface area contributed by atoms with Crippen LogP contribution in [0.5, 0.6) is 0 Å². The minimum Gasteiger partial charge on any atom is -0.366 e. The SMILES string of the molecule is [2H]C([2H])(Nc1cc(C2CC2)nn1C)c1c(C)cc(-c2c(CC)cccc2CC)nc1CC(C)Cl. The number of aryl methyl sites for hydroxylation is 4. The molecule has 0 spiro atoms. The van der Waals surface area contributed by atoms with Gasteiger partial charge >= 0.3 is 0 Å². The quantitative estimate of drug-likeness (QED) is 0.373. The van der Waals surface area contributed by atoms with Gasteiger partial charge in [-0.05, 0) is 67.9 Å². The van der Waals surface area contributed by atoms with Gasteiger partial charge in [0.25, 0.3) is 0 Å². The van der Waals surface area contributed by atoms with Gasteiger partial charge in [0.05, 0.1) is 14.1 Å². The van der Waals surface area contributed by atoms with E-state index in [1.807, 2.05) is 33.0 Å². The molecule has 1 aliphatic carbocycles. The van der Waals surface area contributed by atoms with Gasteiger partial charge in [0.2, 0.25) is 0 Å². The van der Waals surface area contributed by atoms with Gasteiger partial charge in [0.15, 0.2) is 0 Å². The number of anilines is 1. The Labute approximate surface area is 200 Å². The first-order chi connectivity index (χ1) is 16.1. The molecule has 32 heavy (non-hydrogen) atoms. The highest BCUT2D eigenvalue weighted by molar-refractivity contribution is 6.20. The largest absolute Gasteiger partial charge is 0.366 e. The van der Waals surface area contributed by atoms with Crippen molar-refractivity contribution in [2.75, 3.05) is 5.32 Å². The molecule has 0 radical (unpaired) electrons. The second-order valence-electron chi connectivity index (χ2n) is 8.89. The van der Waals surface area contributed by atoms with Crippen LogP contribution in [0.1, 0.15) is 75.9 Å². The molecule has 4 rings (SSSR count). The lowest BCUT2D eigenvalue weighted by molar-refractivity contribution is 0.744. The van der Waals surface area contributed by atoms with Crippen molar-refractivity contribution in [2.45, 2.75) is 77.6 Å². The van der Waals surface area contributed by atoms with Gasteiger partial charge in [0, 0.05) is 48.6 Å². The van der Waals surface area contributed by atoms with Crippen LogP contribution in [0.15, 0.2) is 30.3 Å². The summed E-state index contributed by atoms with van der Waals surface area (Å²) in [6, 6.07) is 10.4. The van der Waals surface area contributed by atoms with Crippen LogP contribution in [-0.4, -0.2) is 20.1 Å². The third kappa shape index (κ3) is 4.85. The number of pyridine rings is 1. The summed E-state index contributed by atoms with van der Waals surface area (Å²) in [5.74, 6) is 1.18. The van der Waals surface area contributed by atoms with Gasteiger partial charge in [-0.1, -0.05) is 32.0 Å². The Hall–Kier alpha value is -2.33. The zero-order valence-corrected chi connectivity index (χ0v) is 20.6. The second-order valence-corrected chi connectivity index (χ2v) is 9.64. The highest BCUT2D eigenvalue weighted by Crippen LogP contribution is 2.40. The number of rotatable bonds is 9. The van der Waals surface area contributed by atoms with E-state index in [0.717, 1.165) is 42.6 Å². The molecular weight excluding hydrogens is 416 g/mol. The van der Waals surface area contributed by atoms with Crippen LogP contribution in [0.3, 0.4) is 0 Å². The summed E-state index contributed by atoms with van der Waals surface area (Å²) < 4.78 is 19.8. The fraction of sp³-hybridized carbons (Fsp3) is 0.481. The zero-order valence-electron chi connectivity index (χ0n) is 21.8. The molecule has 0 aliphatic heterocycles. The maximum atomic E-state index is 9.02. The zero-order chi connectivity index (χ0) is 24.6. The van der Waals surface area contributed by atoms with E-state index >= 15 is 0 Å². The average Bonchev–Trinajstić information content (AvgIpc) is 3.56. The minimum absolute atomic E-state index is 0.165. The molecule has 5 heteroatoms. The Kier molecular flexibility index (Phi) is 6.12. The highest BCUT2D eigenvalue weighted by atomic mass is 35.5. The number of hydrogen-bond donors (Lipinski definition) is 1. The number of halogens is 1. The lowest BCUT2D eigenvalue weighted by Gasteiger charge is -2.19. The number of aromatic nitrogens is 3. The molecule has 2 heterocycles. The van der Waals surface area contributed by atoms with Crippen LogP contribution >= 0.6 is 11.6 Å². The van der Waals surface area contributed by atoms with Crippen molar-refractivity contribution < 1.29 is 2.74 Å². The van der Waals surface area contributed by atoms with E-state index in [4.69, 9.17) is 19.3 Å². The van der Waals surface area contributed by atoms with E-state index in [-0.39, 0.29) is 5.38 Å². The maximum absolute atomic E-state index is 9.02. The third-order valence-corrected chi connectivity index (χ3v) is 6.39. The molecule has 1 saturated carbocycles. The Morgan fingerprint density at radius 3 is 2.50 bits per heavy atom. The summed E-state index contributed by atoms with van der Waals surface area (Å²) in [6.45, 7) is 6.39. The molecule has 1 atom stereocenters. The summed E-state index contributed by atoms with van der Waals surface area (Å²) in [4.78, 5) is 5.05. The van der Waals surface area contributed by atoms with Crippen LogP contribution in [0.2, 0.25) is 0 Å². The van der Waals surface area contributed by atoms with E-state index in [0.29, 0.717) is 29.4 Å². The van der Waals surface area contributed by atoms with E-state index in [1.165, 1.54) is 16.7 Å². The second kappa shape index (κ2) is 9.66. The summed E-state index contributed by atoms with van der Waals surface area (Å²) in [5.41, 5.74) is 7.74. The van der Waals surface area contributed by atoms with Crippen LogP contribution in [-0.2, 0) is 32.8 Å². The summed E-state index contributed by atoms with van der Waals surface area (Å²) in [5, 5.41) is 7.54. The van der Waals surface area contributed by atoms with E-state index in [9.17, 15) is 0 Å². The number of hydrogen-bond acceptors (Lipinski definition) is 3.